The van der Waals surface area contributed by atoms with E-state index in [2.05, 4.69) is 6.92 Å². The predicted octanol–water partition coefficient (Wildman–Crippen LogP) is 1.16. The first-order valence-corrected chi connectivity index (χ1v) is 3.13. The first-order valence-electron chi connectivity index (χ1n) is 3.13. The molecule has 0 aromatic rings. The zero-order chi connectivity index (χ0) is 5.82. The van der Waals surface area contributed by atoms with Crippen molar-refractivity contribution in [2.24, 2.45) is 0 Å². The summed E-state index contributed by atoms with van der Waals surface area (Å²) in [7, 11) is 0. The monoisotopic (exact) mass is 116 g/mol. The molecule has 8 heavy (non-hydrogen) atoms. The molecule has 1 aliphatic heterocycles. The summed E-state index contributed by atoms with van der Waals surface area (Å²) in [5.41, 5.74) is 0. The highest BCUT2D eigenvalue weighted by atomic mass is 16.7. The summed E-state index contributed by atoms with van der Waals surface area (Å²) in [5.74, 6) is 0. The SMILES string of the molecule is CCC1CCOCO1. The van der Waals surface area contributed by atoms with Gasteiger partial charge in [-0.1, -0.05) is 6.92 Å². The van der Waals surface area contributed by atoms with Crippen LogP contribution in [0.15, 0.2) is 0 Å². The van der Waals surface area contributed by atoms with Crippen LogP contribution in [0, 0.1) is 0 Å². The molecule has 0 aromatic carbocycles. The summed E-state index contributed by atoms with van der Waals surface area (Å²) in [5, 5.41) is 0. The molecule has 1 aliphatic rings. The minimum Gasteiger partial charge on any atom is -0.355 e. The Morgan fingerprint density at radius 3 is 2.88 bits per heavy atom. The summed E-state index contributed by atoms with van der Waals surface area (Å²) in [6, 6.07) is 0. The molecule has 0 aliphatic carbocycles. The fourth-order valence-corrected chi connectivity index (χ4v) is 0.823. The summed E-state index contributed by atoms with van der Waals surface area (Å²) < 4.78 is 10.2. The molecule has 1 unspecified atom stereocenters. The van der Waals surface area contributed by atoms with E-state index in [9.17, 15) is 0 Å². The maximum atomic E-state index is 5.20. The van der Waals surface area contributed by atoms with Crippen molar-refractivity contribution in [2.45, 2.75) is 25.9 Å². The summed E-state index contributed by atoms with van der Waals surface area (Å²) in [4.78, 5) is 0. The summed E-state index contributed by atoms with van der Waals surface area (Å²) in [6.45, 7) is 3.51. The maximum absolute atomic E-state index is 5.20. The largest absolute Gasteiger partial charge is 0.355 e. The lowest BCUT2D eigenvalue weighted by molar-refractivity contribution is -0.139. The van der Waals surface area contributed by atoms with Crippen LogP contribution in [0.5, 0.6) is 0 Å². The van der Waals surface area contributed by atoms with Crippen molar-refractivity contribution in [2.75, 3.05) is 13.4 Å². The van der Waals surface area contributed by atoms with Crippen LogP contribution in [0.1, 0.15) is 19.8 Å². The summed E-state index contributed by atoms with van der Waals surface area (Å²) in [6.07, 6.45) is 2.64. The highest BCUT2D eigenvalue weighted by Gasteiger charge is 2.10. The van der Waals surface area contributed by atoms with Crippen LogP contribution in [0.25, 0.3) is 0 Å². The van der Waals surface area contributed by atoms with E-state index >= 15 is 0 Å². The van der Waals surface area contributed by atoms with E-state index in [1.807, 2.05) is 0 Å². The van der Waals surface area contributed by atoms with Crippen molar-refractivity contribution in [3.63, 3.8) is 0 Å². The second kappa shape index (κ2) is 3.05. The molecule has 1 atom stereocenters. The molecule has 1 rings (SSSR count). The Balaban J connectivity index is 2.13. The van der Waals surface area contributed by atoms with Crippen LogP contribution in [-0.4, -0.2) is 19.5 Å². The highest BCUT2D eigenvalue weighted by Crippen LogP contribution is 2.07. The Labute approximate surface area is 49.8 Å². The number of ether oxygens (including phenoxy) is 2. The van der Waals surface area contributed by atoms with Gasteiger partial charge in [0.1, 0.15) is 6.79 Å². The summed E-state index contributed by atoms with van der Waals surface area (Å²) >= 11 is 0. The van der Waals surface area contributed by atoms with Gasteiger partial charge in [-0.25, -0.2) is 0 Å². The molecule has 0 saturated carbocycles. The molecule has 1 saturated heterocycles. The van der Waals surface area contributed by atoms with Gasteiger partial charge in [0.15, 0.2) is 0 Å². The zero-order valence-corrected chi connectivity index (χ0v) is 5.22. The smallest absolute Gasteiger partial charge is 0.147 e. The minimum atomic E-state index is 0.462. The Morgan fingerprint density at radius 2 is 2.50 bits per heavy atom. The van der Waals surface area contributed by atoms with E-state index in [0.29, 0.717) is 12.9 Å². The van der Waals surface area contributed by atoms with Crippen molar-refractivity contribution in [3.8, 4) is 0 Å². The van der Waals surface area contributed by atoms with Crippen molar-refractivity contribution in [1.82, 2.24) is 0 Å². The lowest BCUT2D eigenvalue weighted by Gasteiger charge is -2.20. The zero-order valence-electron chi connectivity index (χ0n) is 5.22. The van der Waals surface area contributed by atoms with E-state index < -0.39 is 0 Å². The predicted molar refractivity (Wildman–Crippen MR) is 30.6 cm³/mol. The Hall–Kier alpha value is -0.0800. The van der Waals surface area contributed by atoms with E-state index in [1.165, 1.54) is 0 Å². The second-order valence-corrected chi connectivity index (χ2v) is 2.01. The molecule has 2 nitrogen and oxygen atoms in total. The van der Waals surface area contributed by atoms with E-state index in [-0.39, 0.29) is 0 Å². The molecular formula is C6H12O2. The Bertz CT molecular complexity index is 57.5. The maximum Gasteiger partial charge on any atom is 0.147 e. The lowest BCUT2D eigenvalue weighted by Crippen LogP contribution is -2.22. The third kappa shape index (κ3) is 1.46. The van der Waals surface area contributed by atoms with Gasteiger partial charge in [-0.15, -0.1) is 0 Å². The minimum absolute atomic E-state index is 0.462. The Kier molecular flexibility index (Phi) is 2.30. The third-order valence-corrected chi connectivity index (χ3v) is 1.43. The number of hydrogen-bond acceptors (Lipinski definition) is 2. The first kappa shape index (κ1) is 6.05. The molecule has 0 radical (unpaired) electrons. The molecule has 1 fully saturated rings. The van der Waals surface area contributed by atoms with Gasteiger partial charge in [0.2, 0.25) is 0 Å². The third-order valence-electron chi connectivity index (χ3n) is 1.43. The quantitative estimate of drug-likeness (QED) is 0.511. The van der Waals surface area contributed by atoms with Crippen LogP contribution in [0.4, 0.5) is 0 Å². The van der Waals surface area contributed by atoms with Gasteiger partial charge in [-0.05, 0) is 12.8 Å². The van der Waals surface area contributed by atoms with Crippen molar-refractivity contribution >= 4 is 0 Å². The Morgan fingerprint density at radius 1 is 1.62 bits per heavy atom. The van der Waals surface area contributed by atoms with Crippen LogP contribution in [0.2, 0.25) is 0 Å². The van der Waals surface area contributed by atoms with E-state index in [4.69, 9.17) is 9.47 Å². The molecule has 0 aromatic heterocycles. The number of rotatable bonds is 1. The molecule has 0 N–H and O–H groups in total. The molecule has 0 amide bonds. The molecule has 0 spiro atoms. The molecule has 48 valence electrons. The first-order chi connectivity index (χ1) is 3.93. The van der Waals surface area contributed by atoms with E-state index in [0.717, 1.165) is 19.4 Å². The molecular weight excluding hydrogens is 104 g/mol. The van der Waals surface area contributed by atoms with Crippen LogP contribution >= 0.6 is 0 Å². The van der Waals surface area contributed by atoms with Crippen LogP contribution in [-0.2, 0) is 9.47 Å². The molecule has 1 heterocycles. The molecule has 2 heteroatoms. The van der Waals surface area contributed by atoms with Crippen molar-refractivity contribution in [1.29, 1.82) is 0 Å². The van der Waals surface area contributed by atoms with Gasteiger partial charge in [0.25, 0.3) is 0 Å². The normalized spacial score (nSPS) is 30.4. The van der Waals surface area contributed by atoms with Crippen molar-refractivity contribution < 1.29 is 9.47 Å². The van der Waals surface area contributed by atoms with E-state index in [1.54, 1.807) is 0 Å². The van der Waals surface area contributed by atoms with Gasteiger partial charge in [0.05, 0.1) is 12.7 Å². The van der Waals surface area contributed by atoms with Crippen LogP contribution in [0.3, 0.4) is 0 Å². The highest BCUT2D eigenvalue weighted by molar-refractivity contribution is 4.55. The van der Waals surface area contributed by atoms with Gasteiger partial charge in [-0.2, -0.15) is 0 Å². The second-order valence-electron chi connectivity index (χ2n) is 2.01. The van der Waals surface area contributed by atoms with Gasteiger partial charge < -0.3 is 9.47 Å². The topological polar surface area (TPSA) is 18.5 Å². The average molecular weight is 116 g/mol. The van der Waals surface area contributed by atoms with Gasteiger partial charge in [0, 0.05) is 0 Å². The fourth-order valence-electron chi connectivity index (χ4n) is 0.823. The average Bonchev–Trinajstić information content (AvgIpc) is 1.90. The van der Waals surface area contributed by atoms with Gasteiger partial charge >= 0.3 is 0 Å². The van der Waals surface area contributed by atoms with Crippen LogP contribution < -0.4 is 0 Å². The fraction of sp³-hybridized carbons (Fsp3) is 1.00. The van der Waals surface area contributed by atoms with Crippen molar-refractivity contribution in [3.05, 3.63) is 0 Å². The lowest BCUT2D eigenvalue weighted by atomic mass is 10.2. The number of hydrogen-bond donors (Lipinski definition) is 0. The molecule has 0 bridgehead atoms. The standard InChI is InChI=1S/C6H12O2/c1-2-6-3-4-7-5-8-6/h6H,2-5H2,1H3. The van der Waals surface area contributed by atoms with Gasteiger partial charge in [-0.3, -0.25) is 0 Å².